The van der Waals surface area contributed by atoms with Crippen molar-refractivity contribution in [2.75, 3.05) is 57.3 Å². The Morgan fingerprint density at radius 3 is 2.81 bits per heavy atom. The Kier molecular flexibility index (Phi) is 7.29. The molecule has 3 aliphatic heterocycles. The summed E-state index contributed by atoms with van der Waals surface area (Å²) in [5, 5.41) is 11.1. The minimum atomic E-state index is -0.160. The summed E-state index contributed by atoms with van der Waals surface area (Å²) in [6, 6.07) is 4.42. The molecule has 2 saturated heterocycles. The van der Waals surface area contributed by atoms with E-state index >= 15 is 0 Å². The third-order valence-electron chi connectivity index (χ3n) is 7.53. The molecule has 36 heavy (non-hydrogen) atoms. The maximum absolute atomic E-state index is 12.4. The van der Waals surface area contributed by atoms with Gasteiger partial charge in [-0.05, 0) is 58.4 Å². The van der Waals surface area contributed by atoms with E-state index in [0.29, 0.717) is 13.1 Å². The zero-order valence-electron chi connectivity index (χ0n) is 21.7. The average Bonchev–Trinajstić information content (AvgIpc) is 3.34. The van der Waals surface area contributed by atoms with Crippen LogP contribution in [-0.4, -0.2) is 90.3 Å². The number of ether oxygens (including phenoxy) is 1. The monoisotopic (exact) mass is 493 g/mol. The van der Waals surface area contributed by atoms with Crippen LogP contribution in [0.15, 0.2) is 41.7 Å². The molecular weight excluding hydrogens is 454 g/mol. The average molecular weight is 494 g/mol. The molecule has 0 saturated carbocycles. The number of fused-ring (bicyclic) bond motifs is 1. The Bertz CT molecular complexity index is 1120. The van der Waals surface area contributed by atoms with Crippen LogP contribution in [-0.2, 0) is 4.74 Å². The smallest absolute Gasteiger partial charge is 0.317 e. The van der Waals surface area contributed by atoms with E-state index in [2.05, 4.69) is 58.0 Å². The fourth-order valence-electron chi connectivity index (χ4n) is 5.68. The number of piperidine rings is 1. The molecule has 5 rings (SSSR count). The van der Waals surface area contributed by atoms with Gasteiger partial charge in [0.1, 0.15) is 0 Å². The predicted molar refractivity (Wildman–Crippen MR) is 143 cm³/mol. The maximum atomic E-state index is 12.4. The Labute approximate surface area is 213 Å². The van der Waals surface area contributed by atoms with Crippen LogP contribution in [0.3, 0.4) is 0 Å². The van der Waals surface area contributed by atoms with E-state index in [1.165, 1.54) is 0 Å². The van der Waals surface area contributed by atoms with E-state index in [-0.39, 0.29) is 23.6 Å². The highest BCUT2D eigenvalue weighted by molar-refractivity contribution is 6.10. The van der Waals surface area contributed by atoms with Crippen LogP contribution in [0.2, 0.25) is 0 Å². The molecule has 2 aromatic rings. The summed E-state index contributed by atoms with van der Waals surface area (Å²) in [5.74, 6) is 0.281. The Morgan fingerprint density at radius 2 is 2.14 bits per heavy atom. The van der Waals surface area contributed by atoms with E-state index in [9.17, 15) is 4.79 Å². The quantitative estimate of drug-likeness (QED) is 0.646. The van der Waals surface area contributed by atoms with Crippen LogP contribution in [0.1, 0.15) is 39.2 Å². The fourth-order valence-corrected chi connectivity index (χ4v) is 5.68. The topological polar surface area (TPSA) is 86.5 Å². The molecule has 2 N–H and O–H groups in total. The third kappa shape index (κ3) is 4.99. The van der Waals surface area contributed by atoms with Gasteiger partial charge in [-0.15, -0.1) is 0 Å². The molecular formula is C27H39N7O2. The van der Waals surface area contributed by atoms with E-state index in [1.54, 1.807) is 0 Å². The first-order valence-corrected chi connectivity index (χ1v) is 13.3. The van der Waals surface area contributed by atoms with E-state index < -0.39 is 0 Å². The second-order valence-electron chi connectivity index (χ2n) is 10.3. The van der Waals surface area contributed by atoms with Crippen molar-refractivity contribution >= 4 is 22.9 Å². The van der Waals surface area contributed by atoms with Gasteiger partial charge < -0.3 is 25.2 Å². The van der Waals surface area contributed by atoms with Crippen molar-refractivity contribution in [2.45, 2.75) is 45.3 Å². The van der Waals surface area contributed by atoms with Crippen LogP contribution in [0.25, 0.3) is 5.52 Å². The standard InChI is InChI=1S/C27H39N7O2/c1-4-36-27(9-5-10-28-19-27)22-6-7-23(29-17-22)21-16-25-24(8-11-30-34(25)18-21)32-12-14-33(15-13-32)26(35)31-20(2)3/h6-8,11,16,18,20,22,28H,4-5,9-10,12-15,17,19H2,1-3H3,(H,31,35)/t22?,27-/m0/s1. The molecule has 0 spiro atoms. The van der Waals surface area contributed by atoms with Crippen LogP contribution >= 0.6 is 0 Å². The van der Waals surface area contributed by atoms with Crippen molar-refractivity contribution in [3.8, 4) is 0 Å². The highest BCUT2D eigenvalue weighted by Crippen LogP contribution is 2.33. The molecule has 0 aromatic carbocycles. The summed E-state index contributed by atoms with van der Waals surface area (Å²) in [4.78, 5) is 21.6. The Hall–Kier alpha value is -2.91. The number of anilines is 1. The lowest BCUT2D eigenvalue weighted by atomic mass is 9.79. The van der Waals surface area contributed by atoms with Gasteiger partial charge >= 0.3 is 6.03 Å². The first kappa shape index (κ1) is 24.8. The van der Waals surface area contributed by atoms with Crippen LogP contribution in [0.5, 0.6) is 0 Å². The number of nitrogens with one attached hydrogen (secondary N) is 2. The normalized spacial score (nSPS) is 24.9. The summed E-state index contributed by atoms with van der Waals surface area (Å²) >= 11 is 0. The van der Waals surface area contributed by atoms with Gasteiger partial charge in [0.05, 0.1) is 22.5 Å². The van der Waals surface area contributed by atoms with Gasteiger partial charge in [0.25, 0.3) is 0 Å². The van der Waals surface area contributed by atoms with Gasteiger partial charge in [-0.2, -0.15) is 5.10 Å². The third-order valence-corrected chi connectivity index (χ3v) is 7.53. The summed E-state index contributed by atoms with van der Waals surface area (Å²) in [5.41, 5.74) is 4.11. The van der Waals surface area contributed by atoms with Gasteiger partial charge in [-0.3, -0.25) is 4.99 Å². The van der Waals surface area contributed by atoms with Crippen molar-refractivity contribution in [3.63, 3.8) is 0 Å². The predicted octanol–water partition coefficient (Wildman–Crippen LogP) is 2.71. The van der Waals surface area contributed by atoms with Crippen LogP contribution < -0.4 is 15.5 Å². The van der Waals surface area contributed by atoms with Crippen molar-refractivity contribution in [1.82, 2.24) is 25.1 Å². The molecule has 1 unspecified atom stereocenters. The SMILES string of the molecule is CCO[C@@]1(C2C=CC(c3cc4c(N5CCN(C(=O)NC(C)C)CC5)ccnn4c3)=NC2)CCCNC1. The summed E-state index contributed by atoms with van der Waals surface area (Å²) < 4.78 is 8.23. The highest BCUT2D eigenvalue weighted by atomic mass is 16.5. The lowest BCUT2D eigenvalue weighted by Gasteiger charge is -2.42. The molecule has 2 aromatic heterocycles. The molecule has 2 fully saturated rings. The number of rotatable bonds is 6. The Balaban J connectivity index is 1.30. The number of urea groups is 1. The summed E-state index contributed by atoms with van der Waals surface area (Å²) in [7, 11) is 0. The van der Waals surface area contributed by atoms with Gasteiger partial charge in [0, 0.05) is 75.8 Å². The van der Waals surface area contributed by atoms with Gasteiger partial charge in [-0.1, -0.05) is 6.08 Å². The second-order valence-corrected chi connectivity index (χ2v) is 10.3. The number of dihydropyridines is 1. The van der Waals surface area contributed by atoms with E-state index in [0.717, 1.165) is 74.7 Å². The molecule has 194 valence electrons. The lowest BCUT2D eigenvalue weighted by Crippen LogP contribution is -2.53. The minimum absolute atomic E-state index is 0.0185. The van der Waals surface area contributed by atoms with Crippen molar-refractivity contribution in [2.24, 2.45) is 10.9 Å². The number of carbonyl (C=O) groups excluding carboxylic acids is 1. The summed E-state index contributed by atoms with van der Waals surface area (Å²) in [6.07, 6.45) is 10.6. The molecule has 2 amide bonds. The molecule has 3 aliphatic rings. The number of aromatic nitrogens is 2. The van der Waals surface area contributed by atoms with Crippen LogP contribution in [0, 0.1) is 5.92 Å². The number of amides is 2. The molecule has 2 atom stereocenters. The number of piperazine rings is 1. The number of hydrogen-bond acceptors (Lipinski definition) is 6. The van der Waals surface area contributed by atoms with Crippen molar-refractivity contribution in [1.29, 1.82) is 0 Å². The maximum Gasteiger partial charge on any atom is 0.317 e. The molecule has 0 bridgehead atoms. The molecule has 5 heterocycles. The Morgan fingerprint density at radius 1 is 1.31 bits per heavy atom. The highest BCUT2D eigenvalue weighted by Gasteiger charge is 2.40. The van der Waals surface area contributed by atoms with Gasteiger partial charge in [0.2, 0.25) is 0 Å². The first-order valence-electron chi connectivity index (χ1n) is 13.3. The van der Waals surface area contributed by atoms with Crippen molar-refractivity contribution in [3.05, 3.63) is 42.2 Å². The zero-order valence-corrected chi connectivity index (χ0v) is 21.7. The lowest BCUT2D eigenvalue weighted by molar-refractivity contribution is -0.0812. The number of aliphatic imine (C=N–C) groups is 1. The largest absolute Gasteiger partial charge is 0.373 e. The van der Waals surface area contributed by atoms with Gasteiger partial charge in [-0.25, -0.2) is 9.31 Å². The number of hydrogen-bond donors (Lipinski definition) is 2. The van der Waals surface area contributed by atoms with Crippen molar-refractivity contribution < 1.29 is 9.53 Å². The number of allylic oxidation sites excluding steroid dienone is 1. The van der Waals surface area contributed by atoms with E-state index in [4.69, 9.17) is 9.73 Å². The number of nitrogens with zero attached hydrogens (tertiary/aromatic N) is 5. The zero-order chi connectivity index (χ0) is 25.1. The second kappa shape index (κ2) is 10.6. The summed E-state index contributed by atoms with van der Waals surface area (Å²) in [6.45, 7) is 12.5. The number of carbonyl (C=O) groups is 1. The fraction of sp³-hybridized carbons (Fsp3) is 0.593. The minimum Gasteiger partial charge on any atom is -0.373 e. The van der Waals surface area contributed by atoms with Crippen LogP contribution in [0.4, 0.5) is 10.5 Å². The molecule has 9 heteroatoms. The molecule has 9 nitrogen and oxygen atoms in total. The first-order chi connectivity index (χ1) is 17.5. The van der Waals surface area contributed by atoms with Gasteiger partial charge in [0.15, 0.2) is 0 Å². The molecule has 0 aliphatic carbocycles. The van der Waals surface area contributed by atoms with E-state index in [1.807, 2.05) is 29.5 Å². The molecule has 0 radical (unpaired) electrons.